The second kappa shape index (κ2) is 8.31. The number of para-hydroxylation sites is 2. The van der Waals surface area contributed by atoms with Gasteiger partial charge in [0, 0.05) is 12.2 Å². The molecule has 0 aliphatic rings. The first-order valence-corrected chi connectivity index (χ1v) is 10.8. The predicted molar refractivity (Wildman–Crippen MR) is 120 cm³/mol. The Labute approximate surface area is 178 Å². The lowest BCUT2D eigenvalue weighted by atomic mass is 10.2. The van der Waals surface area contributed by atoms with Crippen LogP contribution in [0.3, 0.4) is 0 Å². The Bertz CT molecular complexity index is 1290. The van der Waals surface area contributed by atoms with Crippen LogP contribution >= 0.6 is 11.8 Å². The van der Waals surface area contributed by atoms with Gasteiger partial charge in [0.15, 0.2) is 5.16 Å². The number of nitrogens with zero attached hydrogens (tertiary/aromatic N) is 4. The van der Waals surface area contributed by atoms with E-state index in [0.29, 0.717) is 22.9 Å². The van der Waals surface area contributed by atoms with Crippen LogP contribution in [0.2, 0.25) is 0 Å². The third-order valence-electron chi connectivity index (χ3n) is 4.98. The first-order chi connectivity index (χ1) is 14.5. The number of hydrogen-bond acceptors (Lipinski definition) is 5. The van der Waals surface area contributed by atoms with E-state index in [0.717, 1.165) is 23.2 Å². The molecular weight excluding hydrogens is 398 g/mol. The highest BCUT2D eigenvalue weighted by atomic mass is 32.2. The summed E-state index contributed by atoms with van der Waals surface area (Å²) in [6.45, 7) is 6.36. The summed E-state index contributed by atoms with van der Waals surface area (Å²) >= 11 is 1.32. The minimum atomic E-state index is -0.401. The zero-order valence-electron chi connectivity index (χ0n) is 17.1. The van der Waals surface area contributed by atoms with Crippen molar-refractivity contribution in [3.8, 4) is 0 Å². The molecule has 2 aromatic heterocycles. The van der Waals surface area contributed by atoms with Crippen LogP contribution in [0.4, 0.5) is 5.69 Å². The van der Waals surface area contributed by atoms with Crippen molar-refractivity contribution < 1.29 is 4.79 Å². The van der Waals surface area contributed by atoms with E-state index in [1.165, 1.54) is 11.8 Å². The summed E-state index contributed by atoms with van der Waals surface area (Å²) in [4.78, 5) is 25.7. The summed E-state index contributed by atoms with van der Waals surface area (Å²) in [5.41, 5.74) is 2.46. The Morgan fingerprint density at radius 3 is 2.63 bits per heavy atom. The van der Waals surface area contributed by atoms with E-state index < -0.39 is 5.25 Å². The molecule has 30 heavy (non-hydrogen) atoms. The van der Waals surface area contributed by atoms with Crippen LogP contribution in [0.15, 0.2) is 58.5 Å². The third-order valence-corrected chi connectivity index (χ3v) is 6.02. The van der Waals surface area contributed by atoms with E-state index >= 15 is 0 Å². The van der Waals surface area contributed by atoms with Crippen molar-refractivity contribution in [3.05, 3.63) is 64.4 Å². The van der Waals surface area contributed by atoms with Gasteiger partial charge < -0.3 is 5.32 Å². The van der Waals surface area contributed by atoms with Gasteiger partial charge in [-0.25, -0.2) is 0 Å². The highest BCUT2D eigenvalue weighted by molar-refractivity contribution is 8.00. The number of benzene rings is 2. The molecule has 0 bridgehead atoms. The summed E-state index contributed by atoms with van der Waals surface area (Å²) in [7, 11) is 0. The monoisotopic (exact) mass is 421 g/mol. The predicted octanol–water partition coefficient (Wildman–Crippen LogP) is 3.88. The van der Waals surface area contributed by atoms with E-state index in [1.807, 2.05) is 73.7 Å². The van der Waals surface area contributed by atoms with Crippen LogP contribution in [0.1, 0.15) is 25.8 Å². The Morgan fingerprint density at radius 1 is 1.13 bits per heavy atom. The summed E-state index contributed by atoms with van der Waals surface area (Å²) < 4.78 is 3.52. The van der Waals surface area contributed by atoms with Crippen LogP contribution in [0, 0.1) is 6.92 Å². The molecule has 0 spiro atoms. The van der Waals surface area contributed by atoms with Crippen molar-refractivity contribution in [2.45, 2.75) is 44.1 Å². The molecule has 0 aliphatic carbocycles. The van der Waals surface area contributed by atoms with Gasteiger partial charge in [0.25, 0.3) is 5.56 Å². The van der Waals surface area contributed by atoms with Crippen LogP contribution in [-0.4, -0.2) is 30.3 Å². The van der Waals surface area contributed by atoms with Crippen molar-refractivity contribution in [1.29, 1.82) is 0 Å². The molecule has 0 saturated carbocycles. The molecular formula is C22H23N5O2S. The van der Waals surface area contributed by atoms with Gasteiger partial charge in [-0.15, -0.1) is 10.2 Å². The fourth-order valence-electron chi connectivity index (χ4n) is 3.39. The Balaban J connectivity index is 1.72. The Morgan fingerprint density at radius 2 is 1.87 bits per heavy atom. The number of hydrogen-bond donors (Lipinski definition) is 1. The van der Waals surface area contributed by atoms with Crippen molar-refractivity contribution in [2.75, 3.05) is 5.32 Å². The number of carbonyl (C=O) groups excluding carboxylic acids is 1. The topological polar surface area (TPSA) is 81.3 Å². The molecule has 0 saturated heterocycles. The van der Waals surface area contributed by atoms with Crippen molar-refractivity contribution in [3.63, 3.8) is 0 Å². The lowest BCUT2D eigenvalue weighted by Gasteiger charge is -2.14. The molecule has 1 amide bonds. The average Bonchev–Trinajstić information content (AvgIpc) is 3.16. The maximum Gasteiger partial charge on any atom is 0.262 e. The molecule has 0 fully saturated rings. The van der Waals surface area contributed by atoms with Gasteiger partial charge in [-0.1, -0.05) is 49.0 Å². The fraction of sp³-hybridized carbons (Fsp3) is 0.273. The molecule has 8 heteroatoms. The number of amides is 1. The molecule has 1 unspecified atom stereocenters. The molecule has 0 radical (unpaired) electrons. The summed E-state index contributed by atoms with van der Waals surface area (Å²) in [6, 6.07) is 15.1. The van der Waals surface area contributed by atoms with Crippen molar-refractivity contribution in [2.24, 2.45) is 0 Å². The smallest absolute Gasteiger partial charge is 0.262 e. The van der Waals surface area contributed by atoms with Gasteiger partial charge in [0.2, 0.25) is 11.7 Å². The summed E-state index contributed by atoms with van der Waals surface area (Å²) in [6.07, 6.45) is 0.804. The lowest BCUT2D eigenvalue weighted by molar-refractivity contribution is -0.115. The number of nitrogens with one attached hydrogen (secondary N) is 1. The Kier molecular flexibility index (Phi) is 5.59. The molecule has 2 aromatic carbocycles. The minimum Gasteiger partial charge on any atom is -0.325 e. The number of fused-ring (bicyclic) bond motifs is 3. The number of rotatable bonds is 6. The zero-order valence-corrected chi connectivity index (χ0v) is 17.9. The number of aryl methyl sites for hydroxylation is 2. The van der Waals surface area contributed by atoms with Crippen molar-refractivity contribution >= 4 is 40.0 Å². The number of thioether (sulfide) groups is 1. The normalized spacial score (nSPS) is 12.4. The van der Waals surface area contributed by atoms with Gasteiger partial charge >= 0.3 is 0 Å². The second-order valence-corrected chi connectivity index (χ2v) is 8.46. The fourth-order valence-corrected chi connectivity index (χ4v) is 4.25. The minimum absolute atomic E-state index is 0.0748. The number of aromatic nitrogens is 4. The zero-order chi connectivity index (χ0) is 21.3. The van der Waals surface area contributed by atoms with Crippen LogP contribution < -0.4 is 10.9 Å². The molecule has 154 valence electrons. The van der Waals surface area contributed by atoms with E-state index in [4.69, 9.17) is 0 Å². The van der Waals surface area contributed by atoms with Gasteiger partial charge in [-0.3, -0.25) is 18.6 Å². The van der Waals surface area contributed by atoms with Gasteiger partial charge in [-0.05, 0) is 44.0 Å². The molecule has 4 rings (SSSR count). The Hall–Kier alpha value is -3.13. The molecule has 1 N–H and O–H groups in total. The number of carbonyl (C=O) groups is 1. The highest BCUT2D eigenvalue weighted by Crippen LogP contribution is 2.26. The first kappa shape index (κ1) is 20.2. The SMILES string of the molecule is CCCn1c(=O)c2ccccc2n2c(SC(C)C(=O)Nc3ccccc3C)nnc12. The largest absolute Gasteiger partial charge is 0.325 e. The number of anilines is 1. The van der Waals surface area contributed by atoms with Crippen molar-refractivity contribution in [1.82, 2.24) is 19.2 Å². The molecule has 1 atom stereocenters. The van der Waals surface area contributed by atoms with Gasteiger partial charge in [0.1, 0.15) is 0 Å². The summed E-state index contributed by atoms with van der Waals surface area (Å²) in [5.74, 6) is 0.381. The standard InChI is InChI=1S/C22H23N5O2S/c1-4-13-26-20(29)16-10-6-8-12-18(16)27-21(26)24-25-22(27)30-15(3)19(28)23-17-11-7-5-9-14(17)2/h5-12,15H,4,13H2,1-3H3,(H,23,28). The quantitative estimate of drug-likeness (QED) is 0.478. The molecule has 4 aromatic rings. The molecule has 7 nitrogen and oxygen atoms in total. The lowest BCUT2D eigenvalue weighted by Crippen LogP contribution is -2.24. The maximum atomic E-state index is 12.9. The summed E-state index contributed by atoms with van der Waals surface area (Å²) in [5, 5.41) is 12.4. The van der Waals surface area contributed by atoms with Crippen LogP contribution in [-0.2, 0) is 11.3 Å². The average molecular weight is 422 g/mol. The molecule has 2 heterocycles. The maximum absolute atomic E-state index is 12.9. The van der Waals surface area contributed by atoms with E-state index in [1.54, 1.807) is 4.57 Å². The first-order valence-electron chi connectivity index (χ1n) is 9.91. The van der Waals surface area contributed by atoms with Crippen LogP contribution in [0.25, 0.3) is 16.7 Å². The second-order valence-electron chi connectivity index (χ2n) is 7.16. The molecule has 0 aliphatic heterocycles. The van der Waals surface area contributed by atoms with E-state index in [-0.39, 0.29) is 11.5 Å². The van der Waals surface area contributed by atoms with E-state index in [2.05, 4.69) is 15.5 Å². The van der Waals surface area contributed by atoms with E-state index in [9.17, 15) is 9.59 Å². The highest BCUT2D eigenvalue weighted by Gasteiger charge is 2.21. The van der Waals surface area contributed by atoms with Gasteiger partial charge in [0.05, 0.1) is 16.2 Å². The van der Waals surface area contributed by atoms with Crippen LogP contribution in [0.5, 0.6) is 0 Å². The van der Waals surface area contributed by atoms with Gasteiger partial charge in [-0.2, -0.15) is 0 Å². The third kappa shape index (κ3) is 3.59.